The third-order valence-corrected chi connectivity index (χ3v) is 4.91. The van der Waals surface area contributed by atoms with Gasteiger partial charge in [0.2, 0.25) is 0 Å². The number of benzene rings is 2. The van der Waals surface area contributed by atoms with Crippen LogP contribution in [0.3, 0.4) is 0 Å². The minimum atomic E-state index is -1.33. The van der Waals surface area contributed by atoms with Crippen LogP contribution in [0.25, 0.3) is 0 Å². The number of carbonyl (C=O) groups excluding carboxylic acids is 3. The van der Waals surface area contributed by atoms with E-state index >= 15 is 0 Å². The molecule has 0 aromatic heterocycles. The second-order valence-corrected chi connectivity index (χ2v) is 6.92. The third-order valence-electron chi connectivity index (χ3n) is 4.36. The van der Waals surface area contributed by atoms with Crippen LogP contribution in [0.2, 0.25) is 10.0 Å². The number of hydrogen-bond acceptors (Lipinski definition) is 4. The lowest BCUT2D eigenvalue weighted by molar-refractivity contribution is -0.255. The molecule has 0 unspecified atom stereocenters. The van der Waals surface area contributed by atoms with Gasteiger partial charge in [-0.2, -0.15) is 0 Å². The van der Waals surface area contributed by atoms with Crippen molar-refractivity contribution in [3.63, 3.8) is 0 Å². The summed E-state index contributed by atoms with van der Waals surface area (Å²) < 4.78 is 0. The lowest BCUT2D eigenvalue weighted by Crippen LogP contribution is -2.50. The second kappa shape index (κ2) is 7.98. The number of carboxylic acids is 1. The SMILES string of the molecule is O=C([O-])c1cccc(C(=O)N2CCN(C(=O)c3ccc(Cl)cc3Cl)CC2)c1. The van der Waals surface area contributed by atoms with Crippen molar-refractivity contribution in [2.24, 2.45) is 0 Å². The van der Waals surface area contributed by atoms with Gasteiger partial charge >= 0.3 is 0 Å². The van der Waals surface area contributed by atoms with Gasteiger partial charge in [-0.15, -0.1) is 0 Å². The van der Waals surface area contributed by atoms with Gasteiger partial charge in [-0.25, -0.2) is 0 Å². The van der Waals surface area contributed by atoms with Crippen molar-refractivity contribution in [2.75, 3.05) is 26.2 Å². The molecule has 0 atom stereocenters. The van der Waals surface area contributed by atoms with E-state index in [4.69, 9.17) is 23.2 Å². The smallest absolute Gasteiger partial charge is 0.255 e. The zero-order valence-corrected chi connectivity index (χ0v) is 15.7. The molecule has 0 aliphatic carbocycles. The van der Waals surface area contributed by atoms with Crippen LogP contribution in [0.4, 0.5) is 0 Å². The number of carbonyl (C=O) groups is 3. The minimum Gasteiger partial charge on any atom is -0.545 e. The summed E-state index contributed by atoms with van der Waals surface area (Å²) in [6, 6.07) is 10.4. The number of rotatable bonds is 3. The van der Waals surface area contributed by atoms with Crippen molar-refractivity contribution in [1.29, 1.82) is 0 Å². The topological polar surface area (TPSA) is 80.8 Å². The quantitative estimate of drug-likeness (QED) is 0.781. The van der Waals surface area contributed by atoms with E-state index in [1.807, 2.05) is 0 Å². The van der Waals surface area contributed by atoms with Gasteiger partial charge in [0.15, 0.2) is 0 Å². The Bertz CT molecular complexity index is 908. The molecule has 27 heavy (non-hydrogen) atoms. The highest BCUT2D eigenvalue weighted by Gasteiger charge is 2.26. The Kier molecular flexibility index (Phi) is 5.68. The Hall–Kier alpha value is -2.57. The summed E-state index contributed by atoms with van der Waals surface area (Å²) in [6.45, 7) is 1.38. The average Bonchev–Trinajstić information content (AvgIpc) is 2.67. The summed E-state index contributed by atoms with van der Waals surface area (Å²) in [5.74, 6) is -1.84. The predicted molar refractivity (Wildman–Crippen MR) is 99.0 cm³/mol. The highest BCUT2D eigenvalue weighted by atomic mass is 35.5. The van der Waals surface area contributed by atoms with Crippen molar-refractivity contribution in [3.05, 3.63) is 69.2 Å². The number of piperazine rings is 1. The van der Waals surface area contributed by atoms with Crippen LogP contribution in [-0.2, 0) is 0 Å². The zero-order valence-electron chi connectivity index (χ0n) is 14.2. The molecule has 0 radical (unpaired) electrons. The highest BCUT2D eigenvalue weighted by molar-refractivity contribution is 6.36. The van der Waals surface area contributed by atoms with Gasteiger partial charge in [0, 0.05) is 36.8 Å². The van der Waals surface area contributed by atoms with Gasteiger partial charge in [0.05, 0.1) is 16.6 Å². The molecule has 1 heterocycles. The first-order valence-electron chi connectivity index (χ1n) is 8.22. The Morgan fingerprint density at radius 2 is 1.41 bits per heavy atom. The molecular weight excluding hydrogens is 391 g/mol. The van der Waals surface area contributed by atoms with Crippen LogP contribution < -0.4 is 5.11 Å². The van der Waals surface area contributed by atoms with Gasteiger partial charge in [0.1, 0.15) is 0 Å². The third kappa shape index (κ3) is 4.23. The van der Waals surface area contributed by atoms with E-state index in [9.17, 15) is 19.5 Å². The lowest BCUT2D eigenvalue weighted by atomic mass is 10.1. The second-order valence-electron chi connectivity index (χ2n) is 6.08. The zero-order chi connectivity index (χ0) is 19.6. The fourth-order valence-electron chi connectivity index (χ4n) is 2.91. The number of aromatic carboxylic acids is 1. The summed E-state index contributed by atoms with van der Waals surface area (Å²) in [7, 11) is 0. The van der Waals surface area contributed by atoms with Gasteiger partial charge in [-0.1, -0.05) is 35.3 Å². The van der Waals surface area contributed by atoms with Crippen molar-refractivity contribution >= 4 is 41.0 Å². The van der Waals surface area contributed by atoms with E-state index in [0.29, 0.717) is 36.8 Å². The molecule has 2 aromatic carbocycles. The first kappa shape index (κ1) is 19.2. The van der Waals surface area contributed by atoms with E-state index in [1.165, 1.54) is 24.3 Å². The van der Waals surface area contributed by atoms with Gasteiger partial charge in [0.25, 0.3) is 11.8 Å². The molecule has 140 valence electrons. The fraction of sp³-hybridized carbons (Fsp3) is 0.211. The van der Waals surface area contributed by atoms with Crippen molar-refractivity contribution < 1.29 is 19.5 Å². The van der Waals surface area contributed by atoms with E-state index in [1.54, 1.807) is 28.0 Å². The lowest BCUT2D eigenvalue weighted by Gasteiger charge is -2.35. The average molecular weight is 406 g/mol. The summed E-state index contributed by atoms with van der Waals surface area (Å²) in [5, 5.41) is 11.7. The largest absolute Gasteiger partial charge is 0.545 e. The predicted octanol–water partition coefficient (Wildman–Crippen LogP) is 1.96. The van der Waals surface area contributed by atoms with Crippen LogP contribution in [0, 0.1) is 0 Å². The normalized spacial score (nSPS) is 14.1. The molecule has 1 aliphatic heterocycles. The van der Waals surface area contributed by atoms with Crippen LogP contribution in [0.15, 0.2) is 42.5 Å². The maximum Gasteiger partial charge on any atom is 0.255 e. The summed E-state index contributed by atoms with van der Waals surface area (Å²) in [6.07, 6.45) is 0. The molecule has 2 amide bonds. The molecule has 8 heteroatoms. The number of nitrogens with zero attached hydrogens (tertiary/aromatic N) is 2. The van der Waals surface area contributed by atoms with Gasteiger partial charge in [-0.05, 0) is 35.9 Å². The Morgan fingerprint density at radius 1 is 0.815 bits per heavy atom. The molecule has 6 nitrogen and oxygen atoms in total. The monoisotopic (exact) mass is 405 g/mol. The first-order chi connectivity index (χ1) is 12.9. The Labute approximate surface area is 165 Å². The summed E-state index contributed by atoms with van der Waals surface area (Å²) in [5.41, 5.74) is 0.590. The molecule has 0 bridgehead atoms. The molecule has 3 rings (SSSR count). The van der Waals surface area contributed by atoms with Crippen molar-refractivity contribution in [3.8, 4) is 0 Å². The van der Waals surface area contributed by atoms with E-state index < -0.39 is 5.97 Å². The van der Waals surface area contributed by atoms with E-state index in [-0.39, 0.29) is 28.0 Å². The van der Waals surface area contributed by atoms with E-state index in [2.05, 4.69) is 0 Å². The van der Waals surface area contributed by atoms with Crippen LogP contribution in [0.1, 0.15) is 31.1 Å². The number of halogens is 2. The molecule has 2 aromatic rings. The van der Waals surface area contributed by atoms with Crippen LogP contribution in [0.5, 0.6) is 0 Å². The fourth-order valence-corrected chi connectivity index (χ4v) is 3.40. The number of amides is 2. The van der Waals surface area contributed by atoms with Crippen LogP contribution in [-0.4, -0.2) is 53.8 Å². The molecule has 0 N–H and O–H groups in total. The molecule has 1 aliphatic rings. The van der Waals surface area contributed by atoms with E-state index in [0.717, 1.165) is 0 Å². The maximum atomic E-state index is 12.6. The van der Waals surface area contributed by atoms with Crippen molar-refractivity contribution in [1.82, 2.24) is 9.80 Å². The molecular formula is C19H15Cl2N2O4-. The number of carboxylic acid groups (broad SMARTS) is 1. The molecule has 1 fully saturated rings. The molecule has 0 saturated carbocycles. The summed E-state index contributed by atoms with van der Waals surface area (Å²) >= 11 is 11.9. The summed E-state index contributed by atoms with van der Waals surface area (Å²) in [4.78, 5) is 39.4. The van der Waals surface area contributed by atoms with Gasteiger partial charge in [-0.3, -0.25) is 9.59 Å². The first-order valence-corrected chi connectivity index (χ1v) is 8.97. The Morgan fingerprint density at radius 3 is 2.00 bits per heavy atom. The standard InChI is InChI=1S/C19H16Cl2N2O4/c20-14-4-5-15(16(21)11-14)18(25)23-8-6-22(7-9-23)17(24)12-2-1-3-13(10-12)19(26)27/h1-5,10-11H,6-9H2,(H,26,27)/p-1. The van der Waals surface area contributed by atoms with Gasteiger partial charge < -0.3 is 19.7 Å². The Balaban J connectivity index is 1.66. The molecule has 0 spiro atoms. The number of hydrogen-bond donors (Lipinski definition) is 0. The highest BCUT2D eigenvalue weighted by Crippen LogP contribution is 2.23. The molecule has 1 saturated heterocycles. The maximum absolute atomic E-state index is 12.6. The van der Waals surface area contributed by atoms with Crippen LogP contribution >= 0.6 is 23.2 Å². The van der Waals surface area contributed by atoms with Crippen molar-refractivity contribution in [2.45, 2.75) is 0 Å². The minimum absolute atomic E-state index is 0.0490.